The molecule has 2 fully saturated rings. The third-order valence-corrected chi connectivity index (χ3v) is 4.73. The van der Waals surface area contributed by atoms with Gasteiger partial charge in [0, 0.05) is 17.9 Å². The smallest absolute Gasteiger partial charge is 0.140 e. The number of carbonyl (C=O) groups excluding carboxylic acids is 1. The zero-order valence-corrected chi connectivity index (χ0v) is 10.5. The minimum absolute atomic E-state index is 0.159. The second kappa shape index (κ2) is 5.31. The van der Waals surface area contributed by atoms with Crippen LogP contribution < -0.4 is 5.73 Å². The largest absolute Gasteiger partial charge is 0.327 e. The van der Waals surface area contributed by atoms with Crippen LogP contribution in [0.2, 0.25) is 0 Å². The Morgan fingerprint density at radius 1 is 1.06 bits per heavy atom. The van der Waals surface area contributed by atoms with Crippen LogP contribution in [-0.2, 0) is 4.79 Å². The number of hydrogen-bond acceptors (Lipinski definition) is 2. The topological polar surface area (TPSA) is 43.1 Å². The van der Waals surface area contributed by atoms with Gasteiger partial charge >= 0.3 is 0 Å². The van der Waals surface area contributed by atoms with Gasteiger partial charge in [0.25, 0.3) is 0 Å². The number of hydrogen-bond donors (Lipinski definition) is 1. The molecule has 2 saturated carbocycles. The van der Waals surface area contributed by atoms with E-state index in [1.54, 1.807) is 0 Å². The van der Waals surface area contributed by atoms with Crippen LogP contribution in [0.4, 0.5) is 0 Å². The summed E-state index contributed by atoms with van der Waals surface area (Å²) in [6.07, 6.45) is 9.37. The van der Waals surface area contributed by atoms with Crippen LogP contribution >= 0.6 is 0 Å². The van der Waals surface area contributed by atoms with E-state index in [-0.39, 0.29) is 12.0 Å². The monoisotopic (exact) mass is 223 g/mol. The minimum Gasteiger partial charge on any atom is -0.327 e. The molecule has 0 heterocycles. The van der Waals surface area contributed by atoms with Gasteiger partial charge in [0.05, 0.1) is 0 Å². The van der Waals surface area contributed by atoms with Crippen molar-refractivity contribution in [2.45, 2.75) is 64.3 Å². The molecule has 0 aromatic heterocycles. The average molecular weight is 223 g/mol. The zero-order chi connectivity index (χ0) is 11.5. The van der Waals surface area contributed by atoms with Crippen LogP contribution in [0.1, 0.15) is 58.3 Å². The van der Waals surface area contributed by atoms with E-state index in [9.17, 15) is 4.79 Å². The lowest BCUT2D eigenvalue weighted by Gasteiger charge is -2.32. The highest BCUT2D eigenvalue weighted by atomic mass is 16.1. The molecule has 2 N–H and O–H groups in total. The molecule has 2 aliphatic carbocycles. The number of ketones is 1. The van der Waals surface area contributed by atoms with Crippen molar-refractivity contribution in [3.8, 4) is 0 Å². The Bertz CT molecular complexity index is 251. The second-order valence-corrected chi connectivity index (χ2v) is 5.66. The Balaban J connectivity index is 2.01. The summed E-state index contributed by atoms with van der Waals surface area (Å²) in [5.74, 6) is 1.69. The molecular formula is C14H25NO. The van der Waals surface area contributed by atoms with E-state index in [0.717, 1.165) is 25.7 Å². The van der Waals surface area contributed by atoms with Gasteiger partial charge in [-0.25, -0.2) is 0 Å². The Hall–Kier alpha value is -0.370. The molecule has 2 aliphatic rings. The predicted molar refractivity (Wildman–Crippen MR) is 66.1 cm³/mol. The summed E-state index contributed by atoms with van der Waals surface area (Å²) in [5.41, 5.74) is 6.05. The first-order chi connectivity index (χ1) is 7.74. The summed E-state index contributed by atoms with van der Waals surface area (Å²) in [4.78, 5) is 12.5. The number of rotatable bonds is 3. The molecule has 0 bridgehead atoms. The van der Waals surface area contributed by atoms with Gasteiger partial charge in [0.2, 0.25) is 0 Å². The Labute approximate surface area is 99.0 Å². The molecule has 4 unspecified atom stereocenters. The van der Waals surface area contributed by atoms with Gasteiger partial charge in [-0.3, -0.25) is 4.79 Å². The Morgan fingerprint density at radius 3 is 2.38 bits per heavy atom. The molecule has 0 aromatic rings. The maximum atomic E-state index is 12.5. The molecule has 4 atom stereocenters. The fraction of sp³-hybridized carbons (Fsp3) is 0.929. The summed E-state index contributed by atoms with van der Waals surface area (Å²) in [6, 6.07) is 0.159. The maximum Gasteiger partial charge on any atom is 0.140 e. The number of Topliss-reactive ketones (excluding diaryl/α,β-unsaturated/α-hetero) is 1. The lowest BCUT2D eigenvalue weighted by molar-refractivity contribution is -0.129. The highest BCUT2D eigenvalue weighted by Gasteiger charge is 2.38. The summed E-state index contributed by atoms with van der Waals surface area (Å²) in [6.45, 7) is 2.23. The molecule has 0 spiro atoms. The van der Waals surface area contributed by atoms with E-state index in [0.29, 0.717) is 17.6 Å². The highest BCUT2D eigenvalue weighted by Crippen LogP contribution is 2.37. The first-order valence-electron chi connectivity index (χ1n) is 7.03. The van der Waals surface area contributed by atoms with E-state index < -0.39 is 0 Å². The molecule has 0 aliphatic heterocycles. The average Bonchev–Trinajstić information content (AvgIpc) is 2.74. The van der Waals surface area contributed by atoms with E-state index in [1.807, 2.05) is 0 Å². The molecule has 0 amide bonds. The van der Waals surface area contributed by atoms with Gasteiger partial charge in [-0.15, -0.1) is 0 Å². The number of carbonyl (C=O) groups is 1. The van der Waals surface area contributed by atoms with Gasteiger partial charge in [0.1, 0.15) is 5.78 Å². The summed E-state index contributed by atoms with van der Waals surface area (Å²) in [5, 5.41) is 0. The normalized spacial score (nSPS) is 39.9. The van der Waals surface area contributed by atoms with Crippen LogP contribution in [-0.4, -0.2) is 11.8 Å². The first kappa shape index (κ1) is 12.1. The van der Waals surface area contributed by atoms with Gasteiger partial charge in [-0.05, 0) is 31.6 Å². The van der Waals surface area contributed by atoms with Crippen molar-refractivity contribution in [1.82, 2.24) is 0 Å². The molecule has 0 saturated heterocycles. The van der Waals surface area contributed by atoms with Gasteiger partial charge in [-0.1, -0.05) is 32.6 Å². The van der Waals surface area contributed by atoms with Gasteiger partial charge in [0.15, 0.2) is 0 Å². The van der Waals surface area contributed by atoms with E-state index in [1.165, 1.54) is 25.7 Å². The van der Waals surface area contributed by atoms with Crippen LogP contribution in [0.3, 0.4) is 0 Å². The molecule has 16 heavy (non-hydrogen) atoms. The lowest BCUT2D eigenvalue weighted by Crippen LogP contribution is -2.38. The van der Waals surface area contributed by atoms with Crippen LogP contribution in [0.25, 0.3) is 0 Å². The molecule has 0 aromatic carbocycles. The van der Waals surface area contributed by atoms with Gasteiger partial charge in [-0.2, -0.15) is 0 Å². The zero-order valence-electron chi connectivity index (χ0n) is 10.5. The van der Waals surface area contributed by atoms with Crippen molar-refractivity contribution in [1.29, 1.82) is 0 Å². The maximum absolute atomic E-state index is 12.5. The van der Waals surface area contributed by atoms with Crippen LogP contribution in [0, 0.1) is 17.8 Å². The third kappa shape index (κ3) is 2.32. The van der Waals surface area contributed by atoms with Crippen LogP contribution in [0.15, 0.2) is 0 Å². The molecule has 2 heteroatoms. The minimum atomic E-state index is 0.159. The fourth-order valence-corrected chi connectivity index (χ4v) is 3.69. The Morgan fingerprint density at radius 2 is 1.75 bits per heavy atom. The van der Waals surface area contributed by atoms with E-state index >= 15 is 0 Å². The number of nitrogens with two attached hydrogens (primary N) is 1. The molecule has 2 rings (SSSR count). The lowest BCUT2D eigenvalue weighted by atomic mass is 9.72. The van der Waals surface area contributed by atoms with Crippen molar-refractivity contribution in [2.24, 2.45) is 23.5 Å². The standard InChI is InChI=1S/C14H25NO/c1-2-10-6-3-4-7-11(10)14(16)12-8-5-9-13(12)15/h10-13H,2-9,15H2,1H3. The van der Waals surface area contributed by atoms with Crippen molar-refractivity contribution < 1.29 is 4.79 Å². The molecule has 0 radical (unpaired) electrons. The van der Waals surface area contributed by atoms with E-state index in [2.05, 4.69) is 6.92 Å². The van der Waals surface area contributed by atoms with Crippen molar-refractivity contribution in [3.05, 3.63) is 0 Å². The van der Waals surface area contributed by atoms with Gasteiger partial charge < -0.3 is 5.73 Å². The quantitative estimate of drug-likeness (QED) is 0.799. The second-order valence-electron chi connectivity index (χ2n) is 5.66. The molecule has 2 nitrogen and oxygen atoms in total. The molecular weight excluding hydrogens is 198 g/mol. The van der Waals surface area contributed by atoms with Crippen molar-refractivity contribution in [2.75, 3.05) is 0 Å². The summed E-state index contributed by atoms with van der Waals surface area (Å²) < 4.78 is 0. The van der Waals surface area contributed by atoms with Crippen LogP contribution in [0.5, 0.6) is 0 Å². The molecule has 92 valence electrons. The van der Waals surface area contributed by atoms with E-state index in [4.69, 9.17) is 5.73 Å². The highest BCUT2D eigenvalue weighted by molar-refractivity contribution is 5.84. The van der Waals surface area contributed by atoms with Crippen molar-refractivity contribution >= 4 is 5.78 Å². The first-order valence-corrected chi connectivity index (χ1v) is 7.03. The predicted octanol–water partition coefficient (Wildman–Crippen LogP) is 2.90. The summed E-state index contributed by atoms with van der Waals surface area (Å²) in [7, 11) is 0. The summed E-state index contributed by atoms with van der Waals surface area (Å²) >= 11 is 0. The fourth-order valence-electron chi connectivity index (χ4n) is 3.69. The SMILES string of the molecule is CCC1CCCCC1C(=O)C1CCCC1N. The Kier molecular flexibility index (Phi) is 4.01. The third-order valence-electron chi connectivity index (χ3n) is 4.73. The van der Waals surface area contributed by atoms with Crippen molar-refractivity contribution in [3.63, 3.8) is 0 Å².